The Morgan fingerprint density at radius 2 is 2.22 bits per heavy atom. The van der Waals surface area contributed by atoms with Gasteiger partial charge in [0.05, 0.1) is 28.6 Å². The summed E-state index contributed by atoms with van der Waals surface area (Å²) in [5, 5.41) is 1.03. The molecule has 0 bridgehead atoms. The first-order valence-electron chi connectivity index (χ1n) is 5.74. The van der Waals surface area contributed by atoms with E-state index in [2.05, 4.69) is 4.98 Å². The van der Waals surface area contributed by atoms with E-state index in [-0.39, 0.29) is 11.9 Å². The molecule has 0 aromatic carbocycles. The molecular weight excluding hydrogens is 248 g/mol. The molecule has 0 spiro atoms. The molecule has 2 heterocycles. The maximum atomic E-state index is 12.2. The van der Waals surface area contributed by atoms with Crippen LogP contribution < -0.4 is 0 Å². The highest BCUT2D eigenvalue weighted by molar-refractivity contribution is 7.11. The molecule has 96 valence electrons. The van der Waals surface area contributed by atoms with Gasteiger partial charge in [-0.3, -0.25) is 4.79 Å². The highest BCUT2D eigenvalue weighted by Gasteiger charge is 2.23. The second kappa shape index (κ2) is 4.94. The second-order valence-electron chi connectivity index (χ2n) is 4.28. The van der Waals surface area contributed by atoms with Gasteiger partial charge < -0.3 is 9.32 Å². The van der Waals surface area contributed by atoms with E-state index in [4.69, 9.17) is 4.42 Å². The van der Waals surface area contributed by atoms with Crippen LogP contribution in [-0.2, 0) is 0 Å². The molecule has 0 unspecified atom stereocenters. The van der Waals surface area contributed by atoms with Crippen molar-refractivity contribution in [2.24, 2.45) is 0 Å². The van der Waals surface area contributed by atoms with E-state index in [0.29, 0.717) is 5.56 Å². The maximum Gasteiger partial charge on any atom is 0.257 e. The minimum Gasteiger partial charge on any atom is -0.472 e. The number of nitrogens with zero attached hydrogens (tertiary/aromatic N) is 2. The fraction of sp³-hybridized carbons (Fsp3) is 0.385. The molecule has 0 saturated carbocycles. The van der Waals surface area contributed by atoms with Gasteiger partial charge in [-0.1, -0.05) is 0 Å². The lowest BCUT2D eigenvalue weighted by molar-refractivity contribution is 0.0739. The van der Waals surface area contributed by atoms with Crippen molar-refractivity contribution in [2.45, 2.75) is 26.8 Å². The fourth-order valence-electron chi connectivity index (χ4n) is 1.88. The van der Waals surface area contributed by atoms with Crippen LogP contribution in [0.3, 0.4) is 0 Å². The number of carbonyl (C=O) groups is 1. The van der Waals surface area contributed by atoms with E-state index in [9.17, 15) is 4.79 Å². The summed E-state index contributed by atoms with van der Waals surface area (Å²) in [7, 11) is 1.79. The monoisotopic (exact) mass is 264 g/mol. The van der Waals surface area contributed by atoms with E-state index in [0.717, 1.165) is 15.6 Å². The topological polar surface area (TPSA) is 46.3 Å². The highest BCUT2D eigenvalue weighted by Crippen LogP contribution is 2.26. The summed E-state index contributed by atoms with van der Waals surface area (Å²) >= 11 is 1.66. The van der Waals surface area contributed by atoms with Gasteiger partial charge in [0.15, 0.2) is 0 Å². The molecule has 0 fully saturated rings. The van der Waals surface area contributed by atoms with Crippen LogP contribution in [0, 0.1) is 13.8 Å². The van der Waals surface area contributed by atoms with Crippen molar-refractivity contribution in [3.8, 4) is 0 Å². The predicted octanol–water partition coefficient (Wildman–Crippen LogP) is 3.19. The van der Waals surface area contributed by atoms with Crippen LogP contribution in [0.2, 0.25) is 0 Å². The van der Waals surface area contributed by atoms with Gasteiger partial charge in [-0.2, -0.15) is 0 Å². The average molecular weight is 264 g/mol. The molecule has 0 saturated heterocycles. The average Bonchev–Trinajstić information content (AvgIpc) is 2.96. The van der Waals surface area contributed by atoms with Gasteiger partial charge >= 0.3 is 0 Å². The third-order valence-corrected chi connectivity index (χ3v) is 3.91. The number of aryl methyl sites for hydroxylation is 2. The minimum absolute atomic E-state index is 0.0441. The number of thiazole rings is 1. The first-order chi connectivity index (χ1) is 8.50. The van der Waals surface area contributed by atoms with Crippen LogP contribution in [0.1, 0.15) is 38.9 Å². The first-order valence-corrected chi connectivity index (χ1v) is 6.55. The Kier molecular flexibility index (Phi) is 3.52. The van der Waals surface area contributed by atoms with E-state index >= 15 is 0 Å². The number of rotatable bonds is 3. The number of carbonyl (C=O) groups excluding carboxylic acids is 1. The summed E-state index contributed by atoms with van der Waals surface area (Å²) in [6, 6.07) is 1.63. The minimum atomic E-state index is -0.0543. The van der Waals surface area contributed by atoms with Crippen LogP contribution in [-0.4, -0.2) is 22.8 Å². The summed E-state index contributed by atoms with van der Waals surface area (Å²) in [4.78, 5) is 19.5. The van der Waals surface area contributed by atoms with Gasteiger partial charge in [-0.25, -0.2) is 4.98 Å². The first kappa shape index (κ1) is 12.8. The number of hydrogen-bond acceptors (Lipinski definition) is 4. The molecule has 2 aromatic heterocycles. The molecule has 0 aliphatic rings. The van der Waals surface area contributed by atoms with Crippen LogP contribution >= 0.6 is 11.3 Å². The quantitative estimate of drug-likeness (QED) is 0.855. The third kappa shape index (κ3) is 2.31. The second-order valence-corrected chi connectivity index (χ2v) is 5.69. The van der Waals surface area contributed by atoms with Crippen molar-refractivity contribution in [2.75, 3.05) is 7.05 Å². The van der Waals surface area contributed by atoms with Crippen LogP contribution in [0.5, 0.6) is 0 Å². The number of aromatic nitrogens is 1. The zero-order valence-electron chi connectivity index (χ0n) is 10.9. The van der Waals surface area contributed by atoms with Crippen molar-refractivity contribution in [1.82, 2.24) is 9.88 Å². The highest BCUT2D eigenvalue weighted by atomic mass is 32.1. The van der Waals surface area contributed by atoms with Crippen LogP contribution in [0.25, 0.3) is 0 Å². The molecular formula is C13H16N2O2S. The molecule has 2 rings (SSSR count). The maximum absolute atomic E-state index is 12.2. The number of furan rings is 1. The smallest absolute Gasteiger partial charge is 0.257 e. The van der Waals surface area contributed by atoms with Gasteiger partial charge in [-0.15, -0.1) is 11.3 Å². The lowest BCUT2D eigenvalue weighted by atomic mass is 10.1. The van der Waals surface area contributed by atoms with Gasteiger partial charge in [-0.05, 0) is 26.8 Å². The molecule has 18 heavy (non-hydrogen) atoms. The summed E-state index contributed by atoms with van der Waals surface area (Å²) in [5.74, 6) is -0.0543. The fourth-order valence-corrected chi connectivity index (χ4v) is 2.79. The molecule has 5 heteroatoms. The molecule has 0 aliphatic carbocycles. The normalized spacial score (nSPS) is 12.4. The van der Waals surface area contributed by atoms with Crippen molar-refractivity contribution in [3.63, 3.8) is 0 Å². The molecule has 1 amide bonds. The van der Waals surface area contributed by atoms with Crippen LogP contribution in [0.15, 0.2) is 23.0 Å². The van der Waals surface area contributed by atoms with E-state index < -0.39 is 0 Å². The third-order valence-electron chi connectivity index (χ3n) is 3.00. The summed E-state index contributed by atoms with van der Waals surface area (Å²) < 4.78 is 4.94. The van der Waals surface area contributed by atoms with E-state index in [1.807, 2.05) is 20.8 Å². The number of hydrogen-bond donors (Lipinski definition) is 0. The Bertz CT molecular complexity index is 545. The molecule has 0 radical (unpaired) electrons. The standard InChI is InChI=1S/C13H16N2O2S/c1-8(12-9(2)18-10(3)14-12)15(4)13(16)11-5-6-17-7-11/h5-8H,1-4H3/t8-/m0/s1. The van der Waals surface area contributed by atoms with Crippen molar-refractivity contribution >= 4 is 17.2 Å². The summed E-state index contributed by atoms with van der Waals surface area (Å²) in [6.07, 6.45) is 2.97. The zero-order chi connectivity index (χ0) is 13.3. The molecule has 4 nitrogen and oxygen atoms in total. The Hall–Kier alpha value is -1.62. The van der Waals surface area contributed by atoms with Crippen molar-refractivity contribution in [3.05, 3.63) is 39.7 Å². The SMILES string of the molecule is Cc1nc([C@H](C)N(C)C(=O)c2ccoc2)c(C)s1. The summed E-state index contributed by atoms with van der Waals surface area (Å²) in [5.41, 5.74) is 1.53. The van der Waals surface area contributed by atoms with E-state index in [1.54, 1.807) is 29.4 Å². The van der Waals surface area contributed by atoms with Crippen molar-refractivity contribution < 1.29 is 9.21 Å². The number of amides is 1. The van der Waals surface area contributed by atoms with Gasteiger partial charge in [0.2, 0.25) is 0 Å². The largest absolute Gasteiger partial charge is 0.472 e. The van der Waals surface area contributed by atoms with Gasteiger partial charge in [0.1, 0.15) is 6.26 Å². The Balaban J connectivity index is 2.21. The van der Waals surface area contributed by atoms with Crippen LogP contribution in [0.4, 0.5) is 0 Å². The van der Waals surface area contributed by atoms with E-state index in [1.165, 1.54) is 12.5 Å². The molecule has 0 N–H and O–H groups in total. The van der Waals surface area contributed by atoms with Gasteiger partial charge in [0.25, 0.3) is 5.91 Å². The van der Waals surface area contributed by atoms with Gasteiger partial charge in [0, 0.05) is 11.9 Å². The zero-order valence-corrected chi connectivity index (χ0v) is 11.7. The molecule has 1 atom stereocenters. The Labute approximate surface area is 110 Å². The summed E-state index contributed by atoms with van der Waals surface area (Å²) in [6.45, 7) is 6.00. The molecule has 2 aromatic rings. The Morgan fingerprint density at radius 1 is 1.50 bits per heavy atom. The lowest BCUT2D eigenvalue weighted by Gasteiger charge is -2.23. The lowest BCUT2D eigenvalue weighted by Crippen LogP contribution is -2.29. The Morgan fingerprint density at radius 3 is 2.72 bits per heavy atom. The molecule has 0 aliphatic heterocycles. The van der Waals surface area contributed by atoms with Crippen molar-refractivity contribution in [1.29, 1.82) is 0 Å². The predicted molar refractivity (Wildman–Crippen MR) is 70.8 cm³/mol.